The van der Waals surface area contributed by atoms with Gasteiger partial charge in [-0.1, -0.05) is 23.7 Å². The van der Waals surface area contributed by atoms with Crippen LogP contribution in [0, 0.1) is 0 Å². The van der Waals surface area contributed by atoms with Crippen LogP contribution >= 0.6 is 11.6 Å². The molecular formula is C17H13ClN4O2. The van der Waals surface area contributed by atoms with Gasteiger partial charge in [0, 0.05) is 30.2 Å². The SMILES string of the molecule is NC(=O)c1cnc(Nc2cccc(Oc3ccccn3)c2)c(Cl)c1. The summed E-state index contributed by atoms with van der Waals surface area (Å²) in [5.74, 6) is 0.943. The number of nitrogens with two attached hydrogens (primary N) is 1. The third kappa shape index (κ3) is 3.80. The zero-order valence-electron chi connectivity index (χ0n) is 12.4. The van der Waals surface area contributed by atoms with Gasteiger partial charge in [-0.05, 0) is 24.3 Å². The summed E-state index contributed by atoms with van der Waals surface area (Å²) in [6.07, 6.45) is 3.02. The number of aromatic nitrogens is 2. The number of benzene rings is 1. The van der Waals surface area contributed by atoms with Crippen LogP contribution in [0.2, 0.25) is 5.02 Å². The molecule has 3 rings (SSSR count). The molecule has 7 heteroatoms. The van der Waals surface area contributed by atoms with Crippen LogP contribution in [0.1, 0.15) is 10.4 Å². The molecule has 1 amide bonds. The number of nitrogens with one attached hydrogen (secondary N) is 1. The number of amides is 1. The van der Waals surface area contributed by atoms with Crippen molar-refractivity contribution >= 4 is 29.0 Å². The van der Waals surface area contributed by atoms with E-state index in [0.29, 0.717) is 22.5 Å². The van der Waals surface area contributed by atoms with Crippen molar-refractivity contribution in [3.63, 3.8) is 0 Å². The number of carbonyl (C=O) groups is 1. The lowest BCUT2D eigenvalue weighted by atomic mass is 10.2. The van der Waals surface area contributed by atoms with Gasteiger partial charge >= 0.3 is 0 Å². The monoisotopic (exact) mass is 340 g/mol. The number of anilines is 2. The van der Waals surface area contributed by atoms with Gasteiger partial charge in [-0.15, -0.1) is 0 Å². The number of nitrogens with zero attached hydrogens (tertiary/aromatic N) is 2. The van der Waals surface area contributed by atoms with Gasteiger partial charge < -0.3 is 15.8 Å². The minimum Gasteiger partial charge on any atom is -0.439 e. The fraction of sp³-hybridized carbons (Fsp3) is 0. The largest absolute Gasteiger partial charge is 0.439 e. The van der Waals surface area contributed by atoms with Crippen molar-refractivity contribution in [2.24, 2.45) is 5.73 Å². The second kappa shape index (κ2) is 6.97. The summed E-state index contributed by atoms with van der Waals surface area (Å²) in [5, 5.41) is 3.36. The Balaban J connectivity index is 1.78. The molecule has 0 saturated carbocycles. The summed E-state index contributed by atoms with van der Waals surface area (Å²) in [4.78, 5) is 19.3. The zero-order valence-corrected chi connectivity index (χ0v) is 13.2. The van der Waals surface area contributed by atoms with Crippen molar-refractivity contribution in [3.8, 4) is 11.6 Å². The van der Waals surface area contributed by atoms with E-state index < -0.39 is 5.91 Å². The molecule has 0 aliphatic rings. The van der Waals surface area contributed by atoms with E-state index in [-0.39, 0.29) is 5.56 Å². The Morgan fingerprint density at radius 3 is 2.71 bits per heavy atom. The van der Waals surface area contributed by atoms with Crippen molar-refractivity contribution in [1.29, 1.82) is 0 Å². The highest BCUT2D eigenvalue weighted by Crippen LogP contribution is 2.27. The predicted octanol–water partition coefficient (Wildman–Crippen LogP) is 3.76. The van der Waals surface area contributed by atoms with E-state index in [1.165, 1.54) is 12.3 Å². The summed E-state index contributed by atoms with van der Waals surface area (Å²) in [5.41, 5.74) is 6.17. The van der Waals surface area contributed by atoms with Crippen molar-refractivity contribution in [3.05, 3.63) is 71.5 Å². The second-order valence-electron chi connectivity index (χ2n) is 4.84. The smallest absolute Gasteiger partial charge is 0.250 e. The van der Waals surface area contributed by atoms with Crippen LogP contribution in [0.25, 0.3) is 0 Å². The summed E-state index contributed by atoms with van der Waals surface area (Å²) < 4.78 is 5.67. The second-order valence-corrected chi connectivity index (χ2v) is 5.25. The molecule has 0 atom stereocenters. The van der Waals surface area contributed by atoms with E-state index in [1.54, 1.807) is 18.3 Å². The first-order valence-corrected chi connectivity index (χ1v) is 7.41. The molecule has 120 valence electrons. The summed E-state index contributed by atoms with van der Waals surface area (Å²) in [6, 6.07) is 14.1. The number of hydrogen-bond acceptors (Lipinski definition) is 5. The molecular weight excluding hydrogens is 328 g/mol. The molecule has 2 heterocycles. The van der Waals surface area contributed by atoms with Gasteiger partial charge in [-0.25, -0.2) is 9.97 Å². The highest BCUT2D eigenvalue weighted by molar-refractivity contribution is 6.33. The lowest BCUT2D eigenvalue weighted by molar-refractivity contribution is 0.1000. The van der Waals surface area contributed by atoms with Crippen molar-refractivity contribution in [1.82, 2.24) is 9.97 Å². The van der Waals surface area contributed by atoms with E-state index in [9.17, 15) is 4.79 Å². The first-order valence-electron chi connectivity index (χ1n) is 7.03. The van der Waals surface area contributed by atoms with Crippen LogP contribution in [0.4, 0.5) is 11.5 Å². The number of primary amides is 1. The number of pyridine rings is 2. The Bertz CT molecular complexity index is 871. The highest BCUT2D eigenvalue weighted by atomic mass is 35.5. The van der Waals surface area contributed by atoms with Crippen LogP contribution in [0.15, 0.2) is 60.9 Å². The van der Waals surface area contributed by atoms with Crippen LogP contribution in [0.3, 0.4) is 0 Å². The minimum atomic E-state index is -0.582. The fourth-order valence-electron chi connectivity index (χ4n) is 1.97. The molecule has 0 saturated heterocycles. The van der Waals surface area contributed by atoms with Crippen molar-refractivity contribution in [2.75, 3.05) is 5.32 Å². The molecule has 0 unspecified atom stereocenters. The number of ether oxygens (including phenoxy) is 1. The van der Waals surface area contributed by atoms with Gasteiger partial charge in [0.05, 0.1) is 10.6 Å². The van der Waals surface area contributed by atoms with Crippen LogP contribution in [-0.2, 0) is 0 Å². The Kier molecular flexibility index (Phi) is 4.58. The van der Waals surface area contributed by atoms with E-state index in [4.69, 9.17) is 22.1 Å². The average molecular weight is 341 g/mol. The fourth-order valence-corrected chi connectivity index (χ4v) is 2.18. The van der Waals surface area contributed by atoms with Gasteiger partial charge in [0.1, 0.15) is 11.6 Å². The van der Waals surface area contributed by atoms with E-state index in [1.807, 2.05) is 30.3 Å². The van der Waals surface area contributed by atoms with Gasteiger partial charge in [0.25, 0.3) is 0 Å². The molecule has 2 aromatic heterocycles. The van der Waals surface area contributed by atoms with Crippen LogP contribution in [0.5, 0.6) is 11.6 Å². The topological polar surface area (TPSA) is 90.1 Å². The standard InChI is InChI=1S/C17H13ClN4O2/c18-14-8-11(16(19)23)10-21-17(14)22-12-4-3-5-13(9-12)24-15-6-1-2-7-20-15/h1-10H,(H2,19,23)(H,21,22). The van der Waals surface area contributed by atoms with Gasteiger partial charge in [0.2, 0.25) is 11.8 Å². The third-order valence-corrected chi connectivity index (χ3v) is 3.37. The predicted molar refractivity (Wildman–Crippen MR) is 91.8 cm³/mol. The first-order chi connectivity index (χ1) is 11.6. The molecule has 3 N–H and O–H groups in total. The van der Waals surface area contributed by atoms with Crippen LogP contribution < -0.4 is 15.8 Å². The van der Waals surface area contributed by atoms with E-state index in [2.05, 4.69) is 15.3 Å². The third-order valence-electron chi connectivity index (χ3n) is 3.08. The lowest BCUT2D eigenvalue weighted by Crippen LogP contribution is -2.11. The Labute approximate surface area is 143 Å². The van der Waals surface area contributed by atoms with E-state index >= 15 is 0 Å². The number of hydrogen-bond donors (Lipinski definition) is 2. The Morgan fingerprint density at radius 2 is 2.00 bits per heavy atom. The maximum absolute atomic E-state index is 11.1. The maximum Gasteiger partial charge on any atom is 0.250 e. The van der Waals surface area contributed by atoms with Gasteiger partial charge in [-0.2, -0.15) is 0 Å². The molecule has 0 spiro atoms. The van der Waals surface area contributed by atoms with Crippen LogP contribution in [-0.4, -0.2) is 15.9 Å². The lowest BCUT2D eigenvalue weighted by Gasteiger charge is -2.10. The van der Waals surface area contributed by atoms with Crippen molar-refractivity contribution < 1.29 is 9.53 Å². The van der Waals surface area contributed by atoms with E-state index in [0.717, 1.165) is 5.69 Å². The zero-order chi connectivity index (χ0) is 16.9. The Morgan fingerprint density at radius 1 is 1.12 bits per heavy atom. The molecule has 24 heavy (non-hydrogen) atoms. The normalized spacial score (nSPS) is 10.2. The molecule has 6 nitrogen and oxygen atoms in total. The minimum absolute atomic E-state index is 0.248. The molecule has 0 aliphatic heterocycles. The summed E-state index contributed by atoms with van der Waals surface area (Å²) >= 11 is 6.12. The summed E-state index contributed by atoms with van der Waals surface area (Å²) in [6.45, 7) is 0. The first kappa shape index (κ1) is 15.8. The Hall–Kier alpha value is -3.12. The maximum atomic E-state index is 11.1. The molecule has 0 bridgehead atoms. The molecule has 0 fully saturated rings. The van der Waals surface area contributed by atoms with Crippen molar-refractivity contribution in [2.45, 2.75) is 0 Å². The average Bonchev–Trinajstić information content (AvgIpc) is 2.58. The molecule has 0 radical (unpaired) electrons. The molecule has 3 aromatic rings. The molecule has 0 aliphatic carbocycles. The molecule has 1 aromatic carbocycles. The number of halogens is 1. The number of carbonyl (C=O) groups excluding carboxylic acids is 1. The summed E-state index contributed by atoms with van der Waals surface area (Å²) in [7, 11) is 0. The number of rotatable bonds is 5. The van der Waals surface area contributed by atoms with Gasteiger partial charge in [0.15, 0.2) is 0 Å². The van der Waals surface area contributed by atoms with Gasteiger partial charge in [-0.3, -0.25) is 4.79 Å². The highest BCUT2D eigenvalue weighted by Gasteiger charge is 2.08. The quantitative estimate of drug-likeness (QED) is 0.738.